The molecule has 1 aromatic heterocycles. The number of carbonyl (C=O) groups excluding carboxylic acids is 2. The van der Waals surface area contributed by atoms with Crippen molar-refractivity contribution in [2.24, 2.45) is 0 Å². The van der Waals surface area contributed by atoms with E-state index >= 15 is 0 Å². The van der Waals surface area contributed by atoms with Crippen molar-refractivity contribution in [1.29, 1.82) is 0 Å². The molecular weight excluding hydrogens is 421 g/mol. The summed E-state index contributed by atoms with van der Waals surface area (Å²) in [6.07, 6.45) is 5.37. The molecular formula is C22H26FN3O4S. The fourth-order valence-corrected chi connectivity index (χ4v) is 3.88. The summed E-state index contributed by atoms with van der Waals surface area (Å²) in [5.41, 5.74) is 0.0429. The summed E-state index contributed by atoms with van der Waals surface area (Å²) in [7, 11) is 0. The molecule has 7 nitrogen and oxygen atoms in total. The first kappa shape index (κ1) is 22.9. The molecule has 166 valence electrons. The van der Waals surface area contributed by atoms with Gasteiger partial charge in [0.2, 0.25) is 5.88 Å². The van der Waals surface area contributed by atoms with Gasteiger partial charge in [-0.1, -0.05) is 6.07 Å². The Bertz CT molecular complexity index is 919. The Morgan fingerprint density at radius 2 is 1.87 bits per heavy atom. The molecule has 0 aliphatic heterocycles. The largest absolute Gasteiger partial charge is 0.450 e. The van der Waals surface area contributed by atoms with Crippen molar-refractivity contribution >= 4 is 23.8 Å². The number of carbonyl (C=O) groups is 2. The predicted molar refractivity (Wildman–Crippen MR) is 116 cm³/mol. The normalized spacial score (nSPS) is 18.2. The fourth-order valence-electron chi connectivity index (χ4n) is 3.43. The molecule has 2 N–H and O–H groups in total. The second-order valence-corrected chi connectivity index (χ2v) is 8.05. The molecule has 9 heteroatoms. The summed E-state index contributed by atoms with van der Waals surface area (Å²) < 4.78 is 24.5. The van der Waals surface area contributed by atoms with Crippen LogP contribution < -0.4 is 15.4 Å². The molecule has 3 rings (SSSR count). The van der Waals surface area contributed by atoms with E-state index in [-0.39, 0.29) is 23.5 Å². The number of amides is 2. The number of pyridine rings is 1. The van der Waals surface area contributed by atoms with E-state index in [1.54, 1.807) is 24.8 Å². The number of hydrogen-bond donors (Lipinski definition) is 2. The molecule has 1 aliphatic carbocycles. The highest BCUT2D eigenvalue weighted by Gasteiger charge is 2.26. The summed E-state index contributed by atoms with van der Waals surface area (Å²) in [5, 5.41) is 5.76. The molecule has 1 saturated carbocycles. The number of ether oxygens (including phenoxy) is 2. The lowest BCUT2D eigenvalue weighted by atomic mass is 9.91. The van der Waals surface area contributed by atoms with Crippen molar-refractivity contribution in [3.63, 3.8) is 0 Å². The Hall–Kier alpha value is -2.81. The lowest BCUT2D eigenvalue weighted by molar-refractivity contribution is 0.0918. The summed E-state index contributed by atoms with van der Waals surface area (Å²) in [6, 6.07) is 8.43. The zero-order chi connectivity index (χ0) is 22.2. The van der Waals surface area contributed by atoms with Crippen molar-refractivity contribution in [3.8, 4) is 11.6 Å². The highest BCUT2D eigenvalue weighted by molar-refractivity contribution is 7.98. The number of rotatable bonds is 7. The van der Waals surface area contributed by atoms with Gasteiger partial charge in [-0.15, -0.1) is 11.8 Å². The van der Waals surface area contributed by atoms with Gasteiger partial charge < -0.3 is 20.1 Å². The number of hydrogen-bond acceptors (Lipinski definition) is 6. The Morgan fingerprint density at radius 3 is 2.55 bits per heavy atom. The predicted octanol–water partition coefficient (Wildman–Crippen LogP) is 4.52. The molecule has 0 saturated heterocycles. The second kappa shape index (κ2) is 11.0. The number of halogens is 1. The Balaban J connectivity index is 1.63. The van der Waals surface area contributed by atoms with Crippen LogP contribution in [0.3, 0.4) is 0 Å². The lowest BCUT2D eigenvalue weighted by Gasteiger charge is -2.29. The molecule has 31 heavy (non-hydrogen) atoms. The number of thioether (sulfide) groups is 1. The maximum Gasteiger partial charge on any atom is 0.407 e. The fraction of sp³-hybridized carbons (Fsp3) is 0.409. The van der Waals surface area contributed by atoms with Crippen molar-refractivity contribution in [2.75, 3.05) is 12.9 Å². The van der Waals surface area contributed by atoms with E-state index in [1.165, 1.54) is 0 Å². The van der Waals surface area contributed by atoms with E-state index in [1.807, 2.05) is 24.5 Å². The first-order valence-corrected chi connectivity index (χ1v) is 11.4. The van der Waals surface area contributed by atoms with Gasteiger partial charge in [-0.05, 0) is 63.1 Å². The van der Waals surface area contributed by atoms with Crippen molar-refractivity contribution in [3.05, 3.63) is 47.9 Å². The van der Waals surface area contributed by atoms with E-state index in [0.29, 0.717) is 25.2 Å². The van der Waals surface area contributed by atoms with Crippen LogP contribution in [0.1, 0.15) is 43.0 Å². The number of nitrogens with zero attached hydrogens (tertiary/aromatic N) is 1. The van der Waals surface area contributed by atoms with E-state index < -0.39 is 17.8 Å². The van der Waals surface area contributed by atoms with Crippen molar-refractivity contribution < 1.29 is 23.5 Å². The minimum Gasteiger partial charge on any atom is -0.450 e. The van der Waals surface area contributed by atoms with E-state index in [2.05, 4.69) is 15.6 Å². The number of aromatic nitrogens is 1. The van der Waals surface area contributed by atoms with Gasteiger partial charge in [-0.2, -0.15) is 0 Å². The molecule has 0 spiro atoms. The van der Waals surface area contributed by atoms with Crippen molar-refractivity contribution in [2.45, 2.75) is 49.6 Å². The van der Waals surface area contributed by atoms with Crippen LogP contribution >= 0.6 is 11.8 Å². The molecule has 2 amide bonds. The van der Waals surface area contributed by atoms with Gasteiger partial charge in [0.05, 0.1) is 12.8 Å². The van der Waals surface area contributed by atoms with Gasteiger partial charge in [0.1, 0.15) is 17.1 Å². The van der Waals surface area contributed by atoms with Crippen LogP contribution in [-0.2, 0) is 4.74 Å². The van der Waals surface area contributed by atoms with Gasteiger partial charge in [0, 0.05) is 17.0 Å². The van der Waals surface area contributed by atoms with Crippen LogP contribution in [0.15, 0.2) is 41.4 Å². The quantitative estimate of drug-likeness (QED) is 0.607. The smallest absolute Gasteiger partial charge is 0.407 e. The van der Waals surface area contributed by atoms with Gasteiger partial charge >= 0.3 is 6.09 Å². The van der Waals surface area contributed by atoms with Crippen LogP contribution in [0.2, 0.25) is 0 Å². The lowest BCUT2D eigenvalue weighted by Crippen LogP contribution is -2.44. The second-order valence-electron chi connectivity index (χ2n) is 7.17. The summed E-state index contributed by atoms with van der Waals surface area (Å²) in [4.78, 5) is 29.4. The summed E-state index contributed by atoms with van der Waals surface area (Å²) in [6.45, 7) is 2.08. The monoisotopic (exact) mass is 447 g/mol. The maximum atomic E-state index is 13.8. The maximum absolute atomic E-state index is 13.8. The minimum absolute atomic E-state index is 0.0191. The number of alkyl carbamates (subject to hydrolysis) is 1. The van der Waals surface area contributed by atoms with Crippen LogP contribution in [-0.4, -0.2) is 41.9 Å². The standard InChI is InChI=1S/C22H26FN3O4S/c1-3-29-22(28)26-16-9-7-15(8-10-16)25-20(27)19-11-14(23)13-24-21(19)30-17-5-4-6-18(12-17)31-2/h4-6,11-13,15-16H,3,7-10H2,1-2H3,(H,25,27)(H,26,28). The third kappa shape index (κ3) is 6.58. The number of nitrogens with one attached hydrogen (secondary N) is 2. The molecule has 1 heterocycles. The van der Waals surface area contributed by atoms with E-state index in [9.17, 15) is 14.0 Å². The van der Waals surface area contributed by atoms with Gasteiger partial charge in [-0.3, -0.25) is 4.79 Å². The Morgan fingerprint density at radius 1 is 1.16 bits per heavy atom. The van der Waals surface area contributed by atoms with Crippen molar-refractivity contribution in [1.82, 2.24) is 15.6 Å². The number of benzene rings is 1. The third-order valence-electron chi connectivity index (χ3n) is 4.98. The average Bonchev–Trinajstić information content (AvgIpc) is 2.76. The van der Waals surface area contributed by atoms with Gasteiger partial charge in [0.25, 0.3) is 5.91 Å². The van der Waals surface area contributed by atoms with Crippen LogP contribution in [0.25, 0.3) is 0 Å². The highest BCUT2D eigenvalue weighted by atomic mass is 32.2. The van der Waals surface area contributed by atoms with Crippen LogP contribution in [0.5, 0.6) is 11.6 Å². The zero-order valence-corrected chi connectivity index (χ0v) is 18.3. The molecule has 1 aromatic carbocycles. The molecule has 0 atom stereocenters. The van der Waals surface area contributed by atoms with E-state index in [0.717, 1.165) is 30.0 Å². The first-order chi connectivity index (χ1) is 15.0. The summed E-state index contributed by atoms with van der Waals surface area (Å²) >= 11 is 1.56. The first-order valence-electron chi connectivity index (χ1n) is 10.2. The van der Waals surface area contributed by atoms with Gasteiger partial charge in [-0.25, -0.2) is 14.2 Å². The molecule has 0 unspecified atom stereocenters. The highest BCUT2D eigenvalue weighted by Crippen LogP contribution is 2.27. The Kier molecular flexibility index (Phi) is 8.11. The van der Waals surface area contributed by atoms with E-state index in [4.69, 9.17) is 9.47 Å². The molecule has 0 bridgehead atoms. The van der Waals surface area contributed by atoms with Crippen LogP contribution in [0.4, 0.5) is 9.18 Å². The van der Waals surface area contributed by atoms with Crippen LogP contribution in [0, 0.1) is 5.82 Å². The van der Waals surface area contributed by atoms with Gasteiger partial charge in [0.15, 0.2) is 0 Å². The molecule has 0 radical (unpaired) electrons. The molecule has 1 aliphatic rings. The zero-order valence-electron chi connectivity index (χ0n) is 17.5. The SMILES string of the molecule is CCOC(=O)NC1CCC(NC(=O)c2cc(F)cnc2Oc2cccc(SC)c2)CC1. The Labute approximate surface area is 185 Å². The molecule has 2 aromatic rings. The molecule has 1 fully saturated rings. The summed E-state index contributed by atoms with van der Waals surface area (Å²) in [5.74, 6) is -0.483. The third-order valence-corrected chi connectivity index (χ3v) is 5.70. The minimum atomic E-state index is -0.613. The average molecular weight is 448 g/mol. The topological polar surface area (TPSA) is 89.6 Å².